The average molecular weight is 303 g/mol. The van der Waals surface area contributed by atoms with Crippen LogP contribution in [0.4, 0.5) is 23.2 Å². The SMILES string of the molecule is COC(=O)c1cc(C(F)(F)F)nn1-c1ccc(N)cc1F. The molecule has 0 atom stereocenters. The number of carbonyl (C=O) groups is 1. The Bertz CT molecular complexity index is 694. The number of methoxy groups -OCH3 is 1. The van der Waals surface area contributed by atoms with Crippen LogP contribution in [0.25, 0.3) is 5.69 Å². The first-order valence-corrected chi connectivity index (χ1v) is 5.55. The number of hydrogen-bond acceptors (Lipinski definition) is 4. The molecular weight excluding hydrogens is 294 g/mol. The first-order valence-electron chi connectivity index (χ1n) is 5.55. The first kappa shape index (κ1) is 14.8. The molecule has 0 aliphatic rings. The zero-order chi connectivity index (χ0) is 15.8. The van der Waals surface area contributed by atoms with Crippen LogP contribution in [0, 0.1) is 5.82 Å². The molecule has 1 aromatic heterocycles. The van der Waals surface area contributed by atoms with Gasteiger partial charge in [-0.25, -0.2) is 13.9 Å². The van der Waals surface area contributed by atoms with Gasteiger partial charge in [-0.15, -0.1) is 0 Å². The highest BCUT2D eigenvalue weighted by molar-refractivity contribution is 5.88. The Morgan fingerprint density at radius 2 is 2.00 bits per heavy atom. The van der Waals surface area contributed by atoms with E-state index in [0.717, 1.165) is 19.2 Å². The number of anilines is 1. The Kier molecular flexibility index (Phi) is 3.58. The quantitative estimate of drug-likeness (QED) is 0.525. The fourth-order valence-electron chi connectivity index (χ4n) is 1.65. The van der Waals surface area contributed by atoms with Crippen molar-refractivity contribution in [3.8, 4) is 5.69 Å². The molecule has 0 saturated heterocycles. The maximum absolute atomic E-state index is 13.8. The second kappa shape index (κ2) is 5.08. The summed E-state index contributed by atoms with van der Waals surface area (Å²) in [6.07, 6.45) is -4.78. The fourth-order valence-corrected chi connectivity index (χ4v) is 1.65. The number of benzene rings is 1. The van der Waals surface area contributed by atoms with Crippen LogP contribution in [0.2, 0.25) is 0 Å². The zero-order valence-corrected chi connectivity index (χ0v) is 10.6. The molecule has 0 saturated carbocycles. The number of ether oxygens (including phenoxy) is 1. The first-order chi connectivity index (χ1) is 9.74. The van der Waals surface area contributed by atoms with Gasteiger partial charge in [0, 0.05) is 11.8 Å². The maximum atomic E-state index is 13.8. The van der Waals surface area contributed by atoms with Crippen LogP contribution in [-0.2, 0) is 10.9 Å². The van der Waals surface area contributed by atoms with Crippen molar-refractivity contribution in [2.75, 3.05) is 12.8 Å². The summed E-state index contributed by atoms with van der Waals surface area (Å²) in [6.45, 7) is 0. The number of halogens is 4. The summed E-state index contributed by atoms with van der Waals surface area (Å²) in [7, 11) is 0.992. The van der Waals surface area contributed by atoms with Gasteiger partial charge in [-0.05, 0) is 18.2 Å². The molecule has 0 bridgehead atoms. The van der Waals surface area contributed by atoms with Gasteiger partial charge in [0.1, 0.15) is 5.69 Å². The number of nitrogen functional groups attached to an aromatic ring is 1. The second-order valence-corrected chi connectivity index (χ2v) is 4.03. The largest absolute Gasteiger partial charge is 0.464 e. The van der Waals surface area contributed by atoms with Gasteiger partial charge in [0.05, 0.1) is 7.11 Å². The summed E-state index contributed by atoms with van der Waals surface area (Å²) in [5.41, 5.74) is 3.22. The molecular formula is C12H9F4N3O2. The third-order valence-electron chi connectivity index (χ3n) is 2.59. The van der Waals surface area contributed by atoms with Crippen molar-refractivity contribution < 1.29 is 27.1 Å². The van der Waals surface area contributed by atoms with Gasteiger partial charge < -0.3 is 10.5 Å². The Balaban J connectivity index is 2.66. The minimum Gasteiger partial charge on any atom is -0.464 e. The van der Waals surface area contributed by atoms with Gasteiger partial charge in [0.25, 0.3) is 0 Å². The van der Waals surface area contributed by atoms with Gasteiger partial charge in [-0.3, -0.25) is 0 Å². The topological polar surface area (TPSA) is 70.1 Å². The Morgan fingerprint density at radius 1 is 1.33 bits per heavy atom. The van der Waals surface area contributed by atoms with E-state index in [0.29, 0.717) is 10.7 Å². The Labute approximate surface area is 115 Å². The molecule has 2 N–H and O–H groups in total. The highest BCUT2D eigenvalue weighted by Gasteiger charge is 2.36. The summed E-state index contributed by atoms with van der Waals surface area (Å²) in [5, 5.41) is 3.22. The van der Waals surface area contributed by atoms with E-state index < -0.39 is 29.4 Å². The van der Waals surface area contributed by atoms with E-state index in [-0.39, 0.29) is 11.4 Å². The van der Waals surface area contributed by atoms with Crippen LogP contribution < -0.4 is 5.73 Å². The third kappa shape index (κ3) is 2.81. The monoisotopic (exact) mass is 303 g/mol. The molecule has 1 aromatic carbocycles. The maximum Gasteiger partial charge on any atom is 0.435 e. The van der Waals surface area contributed by atoms with Gasteiger partial charge in [-0.1, -0.05) is 0 Å². The Hall–Kier alpha value is -2.58. The lowest BCUT2D eigenvalue weighted by Gasteiger charge is -2.07. The number of rotatable bonds is 2. The molecule has 0 aliphatic heterocycles. The van der Waals surface area contributed by atoms with Crippen LogP contribution in [0.1, 0.15) is 16.2 Å². The molecule has 0 radical (unpaired) electrons. The smallest absolute Gasteiger partial charge is 0.435 e. The highest BCUT2D eigenvalue weighted by atomic mass is 19.4. The second-order valence-electron chi connectivity index (χ2n) is 4.03. The van der Waals surface area contributed by atoms with Crippen molar-refractivity contribution in [2.45, 2.75) is 6.18 Å². The number of alkyl halides is 3. The van der Waals surface area contributed by atoms with Crippen LogP contribution in [0.3, 0.4) is 0 Å². The van der Waals surface area contributed by atoms with E-state index in [9.17, 15) is 22.4 Å². The molecule has 2 rings (SSSR count). The minimum absolute atomic E-state index is 0.0825. The molecule has 0 fully saturated rings. The summed E-state index contributed by atoms with van der Waals surface area (Å²) >= 11 is 0. The Morgan fingerprint density at radius 3 is 2.52 bits per heavy atom. The molecule has 1 heterocycles. The van der Waals surface area contributed by atoms with Crippen molar-refractivity contribution in [3.05, 3.63) is 41.5 Å². The van der Waals surface area contributed by atoms with E-state index in [4.69, 9.17) is 5.73 Å². The van der Waals surface area contributed by atoms with Crippen LogP contribution in [0.15, 0.2) is 24.3 Å². The van der Waals surface area contributed by atoms with Crippen molar-refractivity contribution in [1.82, 2.24) is 9.78 Å². The van der Waals surface area contributed by atoms with E-state index >= 15 is 0 Å². The molecule has 0 spiro atoms. The molecule has 21 heavy (non-hydrogen) atoms. The molecule has 5 nitrogen and oxygen atoms in total. The predicted molar refractivity (Wildman–Crippen MR) is 64.3 cm³/mol. The average Bonchev–Trinajstić information content (AvgIpc) is 2.82. The molecule has 2 aromatic rings. The predicted octanol–water partition coefficient (Wildman–Crippen LogP) is 2.40. The summed E-state index contributed by atoms with van der Waals surface area (Å²) in [4.78, 5) is 11.5. The fraction of sp³-hybridized carbons (Fsp3) is 0.167. The third-order valence-corrected chi connectivity index (χ3v) is 2.59. The van der Waals surface area contributed by atoms with Crippen molar-refractivity contribution in [1.29, 1.82) is 0 Å². The van der Waals surface area contributed by atoms with E-state index in [2.05, 4.69) is 9.84 Å². The van der Waals surface area contributed by atoms with Crippen molar-refractivity contribution in [3.63, 3.8) is 0 Å². The van der Waals surface area contributed by atoms with E-state index in [1.807, 2.05) is 0 Å². The van der Waals surface area contributed by atoms with Gasteiger partial charge >= 0.3 is 12.1 Å². The number of hydrogen-bond donors (Lipinski definition) is 1. The van der Waals surface area contributed by atoms with Crippen molar-refractivity contribution >= 4 is 11.7 Å². The molecule has 0 unspecified atom stereocenters. The van der Waals surface area contributed by atoms with Crippen molar-refractivity contribution in [2.24, 2.45) is 0 Å². The molecule has 0 amide bonds. The number of aromatic nitrogens is 2. The highest BCUT2D eigenvalue weighted by Crippen LogP contribution is 2.30. The van der Waals surface area contributed by atoms with Crippen LogP contribution in [-0.4, -0.2) is 22.9 Å². The summed E-state index contributed by atoms with van der Waals surface area (Å²) in [6, 6.07) is 3.78. The lowest BCUT2D eigenvalue weighted by Crippen LogP contribution is -2.12. The lowest BCUT2D eigenvalue weighted by atomic mass is 10.2. The zero-order valence-electron chi connectivity index (χ0n) is 10.6. The number of nitrogens with two attached hydrogens (primary N) is 1. The van der Waals surface area contributed by atoms with E-state index in [1.54, 1.807) is 0 Å². The molecule has 0 aliphatic carbocycles. The van der Waals surface area contributed by atoms with Crippen LogP contribution in [0.5, 0.6) is 0 Å². The summed E-state index contributed by atoms with van der Waals surface area (Å²) < 4.78 is 56.8. The lowest BCUT2D eigenvalue weighted by molar-refractivity contribution is -0.141. The summed E-state index contributed by atoms with van der Waals surface area (Å²) in [5.74, 6) is -1.99. The van der Waals surface area contributed by atoms with E-state index in [1.165, 1.54) is 6.07 Å². The molecule has 9 heteroatoms. The number of nitrogens with zero attached hydrogens (tertiary/aromatic N) is 2. The van der Waals surface area contributed by atoms with Gasteiger partial charge in [-0.2, -0.15) is 18.3 Å². The minimum atomic E-state index is -4.78. The van der Waals surface area contributed by atoms with Crippen LogP contribution >= 0.6 is 0 Å². The standard InChI is InChI=1S/C12H9F4N3O2/c1-21-11(20)9-5-10(12(14,15)16)18-19(9)8-3-2-6(17)4-7(8)13/h2-5H,17H2,1H3. The van der Waals surface area contributed by atoms with Gasteiger partial charge in [0.15, 0.2) is 17.2 Å². The number of carbonyl (C=O) groups excluding carboxylic acids is 1. The molecule has 112 valence electrons. The normalized spacial score (nSPS) is 11.5. The number of esters is 1. The van der Waals surface area contributed by atoms with Gasteiger partial charge in [0.2, 0.25) is 0 Å².